The Kier molecular flexibility index (Phi) is 5.49. The van der Waals surface area contributed by atoms with Gasteiger partial charge in [-0.2, -0.15) is 0 Å². The third-order valence-electron chi connectivity index (χ3n) is 3.56. The molecule has 0 aromatic heterocycles. The minimum absolute atomic E-state index is 0.529. The molecule has 0 fully saturated rings. The van der Waals surface area contributed by atoms with Crippen molar-refractivity contribution in [3.63, 3.8) is 0 Å². The first-order chi connectivity index (χ1) is 8.08. The molecule has 2 unspecified atom stereocenters. The summed E-state index contributed by atoms with van der Waals surface area (Å²) < 4.78 is 5.27. The van der Waals surface area contributed by atoms with Gasteiger partial charge in [0.25, 0.3) is 0 Å². The van der Waals surface area contributed by atoms with Gasteiger partial charge in [0.05, 0.1) is 7.11 Å². The Hall–Kier alpha value is -1.02. The average Bonchev–Trinajstić information content (AvgIpc) is 2.35. The predicted molar refractivity (Wildman–Crippen MR) is 73.5 cm³/mol. The number of methoxy groups -OCH3 is 1. The van der Waals surface area contributed by atoms with E-state index >= 15 is 0 Å². The van der Waals surface area contributed by atoms with Crippen molar-refractivity contribution < 1.29 is 4.74 Å². The summed E-state index contributed by atoms with van der Waals surface area (Å²) in [4.78, 5) is 0. The lowest BCUT2D eigenvalue weighted by Crippen LogP contribution is -2.35. The van der Waals surface area contributed by atoms with Crippen LogP contribution in [0.15, 0.2) is 24.3 Å². The summed E-state index contributed by atoms with van der Waals surface area (Å²) in [6.45, 7) is 6.84. The third kappa shape index (κ3) is 4.04. The van der Waals surface area contributed by atoms with Crippen molar-refractivity contribution in [3.05, 3.63) is 29.8 Å². The highest BCUT2D eigenvalue weighted by molar-refractivity contribution is 5.28. The van der Waals surface area contributed by atoms with E-state index in [0.29, 0.717) is 17.9 Å². The summed E-state index contributed by atoms with van der Waals surface area (Å²) in [7, 11) is 3.75. The molecule has 96 valence electrons. The molecule has 0 heterocycles. The van der Waals surface area contributed by atoms with Crippen LogP contribution in [0.2, 0.25) is 0 Å². The summed E-state index contributed by atoms with van der Waals surface area (Å²) in [5.41, 5.74) is 1.35. The zero-order valence-corrected chi connectivity index (χ0v) is 11.7. The Labute approximate surface area is 105 Å². The molecule has 0 saturated carbocycles. The van der Waals surface area contributed by atoms with Crippen molar-refractivity contribution in [2.75, 3.05) is 14.2 Å². The smallest absolute Gasteiger partial charge is 0.119 e. The van der Waals surface area contributed by atoms with Crippen LogP contribution in [0.5, 0.6) is 5.75 Å². The monoisotopic (exact) mass is 235 g/mol. The number of nitrogens with one attached hydrogen (secondary N) is 1. The number of hydrogen-bond donors (Lipinski definition) is 1. The average molecular weight is 235 g/mol. The van der Waals surface area contributed by atoms with Gasteiger partial charge >= 0.3 is 0 Å². The van der Waals surface area contributed by atoms with E-state index < -0.39 is 0 Å². The fourth-order valence-corrected chi connectivity index (χ4v) is 2.28. The van der Waals surface area contributed by atoms with Gasteiger partial charge in [-0.15, -0.1) is 0 Å². The second kappa shape index (κ2) is 6.65. The normalized spacial score (nSPS) is 14.7. The zero-order valence-electron chi connectivity index (χ0n) is 11.7. The highest BCUT2D eigenvalue weighted by Gasteiger charge is 2.20. The Balaban J connectivity index is 2.78. The lowest BCUT2D eigenvalue weighted by atomic mass is 9.84. The van der Waals surface area contributed by atoms with E-state index in [-0.39, 0.29) is 0 Å². The molecular formula is C15H25NO. The first-order valence-corrected chi connectivity index (χ1v) is 6.38. The van der Waals surface area contributed by atoms with Crippen molar-refractivity contribution in [1.29, 1.82) is 0 Å². The molecule has 2 heteroatoms. The molecule has 1 aromatic carbocycles. The highest BCUT2D eigenvalue weighted by Crippen LogP contribution is 2.23. The highest BCUT2D eigenvalue weighted by atomic mass is 16.5. The summed E-state index contributed by atoms with van der Waals surface area (Å²) in [5.74, 6) is 2.26. The summed E-state index contributed by atoms with van der Waals surface area (Å²) >= 11 is 0. The molecule has 2 atom stereocenters. The molecule has 0 aliphatic carbocycles. The predicted octanol–water partition coefficient (Wildman–Crippen LogP) is 3.12. The summed E-state index contributed by atoms with van der Waals surface area (Å²) in [6, 6.07) is 8.91. The van der Waals surface area contributed by atoms with Crippen molar-refractivity contribution in [3.8, 4) is 5.75 Å². The first kappa shape index (κ1) is 14.0. The van der Waals surface area contributed by atoms with Crippen LogP contribution in [-0.2, 0) is 6.42 Å². The fraction of sp³-hybridized carbons (Fsp3) is 0.600. The van der Waals surface area contributed by atoms with Gasteiger partial charge < -0.3 is 10.1 Å². The molecule has 0 radical (unpaired) electrons. The van der Waals surface area contributed by atoms with Crippen LogP contribution >= 0.6 is 0 Å². The largest absolute Gasteiger partial charge is 0.497 e. The number of benzene rings is 1. The molecule has 0 bridgehead atoms. The molecule has 0 aliphatic heterocycles. The minimum atomic E-state index is 0.529. The van der Waals surface area contributed by atoms with E-state index in [9.17, 15) is 0 Å². The van der Waals surface area contributed by atoms with Crippen LogP contribution in [0.4, 0.5) is 0 Å². The van der Waals surface area contributed by atoms with Gasteiger partial charge in [0.2, 0.25) is 0 Å². The number of hydrogen-bond acceptors (Lipinski definition) is 2. The van der Waals surface area contributed by atoms with E-state index in [2.05, 4.69) is 44.3 Å². The van der Waals surface area contributed by atoms with Gasteiger partial charge in [0.15, 0.2) is 0 Å². The van der Waals surface area contributed by atoms with Crippen LogP contribution < -0.4 is 10.1 Å². The van der Waals surface area contributed by atoms with Gasteiger partial charge in [-0.3, -0.25) is 0 Å². The summed E-state index contributed by atoms with van der Waals surface area (Å²) in [5, 5.41) is 3.36. The van der Waals surface area contributed by atoms with Crippen molar-refractivity contribution >= 4 is 0 Å². The Morgan fingerprint density at radius 3 is 2.47 bits per heavy atom. The van der Waals surface area contributed by atoms with Crippen molar-refractivity contribution in [1.82, 2.24) is 5.32 Å². The quantitative estimate of drug-likeness (QED) is 0.818. The summed E-state index contributed by atoms with van der Waals surface area (Å²) in [6.07, 6.45) is 1.09. The maximum atomic E-state index is 5.27. The lowest BCUT2D eigenvalue weighted by molar-refractivity contribution is 0.299. The van der Waals surface area contributed by atoms with E-state index in [4.69, 9.17) is 4.74 Å². The van der Waals surface area contributed by atoms with Gasteiger partial charge in [-0.05, 0) is 49.9 Å². The first-order valence-electron chi connectivity index (χ1n) is 6.38. The Morgan fingerprint density at radius 1 is 1.24 bits per heavy atom. The van der Waals surface area contributed by atoms with Gasteiger partial charge in [-0.25, -0.2) is 0 Å². The van der Waals surface area contributed by atoms with Gasteiger partial charge in [0, 0.05) is 6.04 Å². The molecule has 1 aromatic rings. The Morgan fingerprint density at radius 2 is 1.94 bits per heavy atom. The second-order valence-electron chi connectivity index (χ2n) is 5.04. The second-order valence-corrected chi connectivity index (χ2v) is 5.04. The van der Waals surface area contributed by atoms with Crippen molar-refractivity contribution in [2.24, 2.45) is 11.8 Å². The van der Waals surface area contributed by atoms with Gasteiger partial charge in [-0.1, -0.05) is 26.0 Å². The maximum absolute atomic E-state index is 5.27. The Bertz CT molecular complexity index is 335. The molecular weight excluding hydrogens is 210 g/mol. The maximum Gasteiger partial charge on any atom is 0.119 e. The zero-order chi connectivity index (χ0) is 12.8. The molecule has 1 rings (SSSR count). The number of rotatable bonds is 6. The van der Waals surface area contributed by atoms with Crippen LogP contribution in [0, 0.1) is 11.8 Å². The van der Waals surface area contributed by atoms with Crippen LogP contribution in [0.25, 0.3) is 0 Å². The fourth-order valence-electron chi connectivity index (χ4n) is 2.28. The molecule has 0 saturated heterocycles. The molecule has 0 spiro atoms. The van der Waals surface area contributed by atoms with Crippen LogP contribution in [0.3, 0.4) is 0 Å². The van der Waals surface area contributed by atoms with E-state index in [1.807, 2.05) is 13.1 Å². The minimum Gasteiger partial charge on any atom is -0.497 e. The third-order valence-corrected chi connectivity index (χ3v) is 3.56. The van der Waals surface area contributed by atoms with E-state index in [1.54, 1.807) is 7.11 Å². The van der Waals surface area contributed by atoms with Gasteiger partial charge in [0.1, 0.15) is 5.75 Å². The topological polar surface area (TPSA) is 21.3 Å². The molecule has 2 nitrogen and oxygen atoms in total. The SMILES string of the molecule is CNC(C)C(Cc1cccc(OC)c1)C(C)C. The molecule has 0 aliphatic rings. The lowest BCUT2D eigenvalue weighted by Gasteiger charge is -2.27. The van der Waals surface area contributed by atoms with Crippen molar-refractivity contribution in [2.45, 2.75) is 33.2 Å². The van der Waals surface area contributed by atoms with Crippen LogP contribution in [-0.4, -0.2) is 20.2 Å². The molecule has 1 N–H and O–H groups in total. The van der Waals surface area contributed by atoms with E-state index in [1.165, 1.54) is 5.56 Å². The van der Waals surface area contributed by atoms with E-state index in [0.717, 1.165) is 12.2 Å². The number of ether oxygens (including phenoxy) is 1. The molecule has 0 amide bonds. The standard InChI is InChI=1S/C15H25NO/c1-11(2)15(12(3)16-4)10-13-7-6-8-14(9-13)17-5/h6-9,11-12,15-16H,10H2,1-5H3. The van der Waals surface area contributed by atoms with Crippen LogP contribution in [0.1, 0.15) is 26.3 Å². The molecule has 17 heavy (non-hydrogen) atoms.